The molecule has 0 saturated carbocycles. The van der Waals surface area contributed by atoms with Gasteiger partial charge in [-0.25, -0.2) is 0 Å². The smallest absolute Gasteiger partial charge is 0.323 e. The molecule has 1 aliphatic rings. The van der Waals surface area contributed by atoms with Gasteiger partial charge in [0.2, 0.25) is 0 Å². The lowest BCUT2D eigenvalue weighted by Crippen LogP contribution is -2.41. The quantitative estimate of drug-likeness (QED) is 0.505. The first-order valence-electron chi connectivity index (χ1n) is 5.81. The van der Waals surface area contributed by atoms with Crippen LogP contribution in [0.1, 0.15) is 19.3 Å². The lowest BCUT2D eigenvalue weighted by Gasteiger charge is -2.21. The second kappa shape index (κ2) is 8.50. The first-order valence-corrected chi connectivity index (χ1v) is 5.81. The molecule has 0 aliphatic carbocycles. The summed E-state index contributed by atoms with van der Waals surface area (Å²) in [5, 5.41) is 3.14. The van der Waals surface area contributed by atoms with Gasteiger partial charge in [0, 0.05) is 7.11 Å². The fraction of sp³-hybridized carbons (Fsp3) is 0.909. The molecular weight excluding hydrogens is 210 g/mol. The molecule has 0 aromatic heterocycles. The van der Waals surface area contributed by atoms with Crippen molar-refractivity contribution in [2.45, 2.75) is 25.3 Å². The van der Waals surface area contributed by atoms with Gasteiger partial charge in [0.05, 0.1) is 19.8 Å². The minimum atomic E-state index is -0.157. The zero-order valence-corrected chi connectivity index (χ0v) is 9.87. The minimum Gasteiger partial charge on any atom is -0.462 e. The highest BCUT2D eigenvalue weighted by Crippen LogP contribution is 2.07. The molecule has 0 aromatic carbocycles. The predicted octanol–water partition coefficient (Wildman–Crippen LogP) is 0.335. The van der Waals surface area contributed by atoms with Crippen molar-refractivity contribution in [2.24, 2.45) is 0 Å². The Morgan fingerprint density at radius 1 is 1.25 bits per heavy atom. The Morgan fingerprint density at radius 2 is 2.06 bits per heavy atom. The van der Waals surface area contributed by atoms with Crippen LogP contribution in [0.3, 0.4) is 0 Å². The third kappa shape index (κ3) is 5.44. The van der Waals surface area contributed by atoms with Crippen LogP contribution in [0.15, 0.2) is 0 Å². The molecule has 1 fully saturated rings. The first-order chi connectivity index (χ1) is 7.84. The van der Waals surface area contributed by atoms with Gasteiger partial charge >= 0.3 is 5.97 Å². The van der Waals surface area contributed by atoms with Gasteiger partial charge in [-0.2, -0.15) is 0 Å². The van der Waals surface area contributed by atoms with E-state index in [4.69, 9.17) is 14.2 Å². The van der Waals surface area contributed by atoms with Gasteiger partial charge in [0.15, 0.2) is 0 Å². The largest absolute Gasteiger partial charge is 0.462 e. The van der Waals surface area contributed by atoms with Crippen molar-refractivity contribution < 1.29 is 19.0 Å². The van der Waals surface area contributed by atoms with Gasteiger partial charge in [0.25, 0.3) is 0 Å². The van der Waals surface area contributed by atoms with Gasteiger partial charge in [-0.05, 0) is 19.4 Å². The monoisotopic (exact) mass is 231 g/mol. The zero-order chi connectivity index (χ0) is 11.6. The number of methoxy groups -OCH3 is 1. The molecule has 0 spiro atoms. The van der Waals surface area contributed by atoms with E-state index in [-0.39, 0.29) is 12.0 Å². The highest BCUT2D eigenvalue weighted by atomic mass is 16.6. The highest BCUT2D eigenvalue weighted by Gasteiger charge is 2.21. The van der Waals surface area contributed by atoms with Crippen molar-refractivity contribution in [3.63, 3.8) is 0 Å². The lowest BCUT2D eigenvalue weighted by atomic mass is 10.1. The highest BCUT2D eigenvalue weighted by molar-refractivity contribution is 5.75. The molecule has 0 unspecified atom stereocenters. The van der Waals surface area contributed by atoms with Crippen molar-refractivity contribution in [3.05, 3.63) is 0 Å². The van der Waals surface area contributed by atoms with Gasteiger partial charge in [0.1, 0.15) is 12.6 Å². The van der Waals surface area contributed by atoms with E-state index >= 15 is 0 Å². The number of hydrogen-bond acceptors (Lipinski definition) is 5. The van der Waals surface area contributed by atoms with Crippen molar-refractivity contribution >= 4 is 5.97 Å². The number of piperidine rings is 1. The molecule has 0 aromatic rings. The van der Waals surface area contributed by atoms with Crippen molar-refractivity contribution in [2.75, 3.05) is 40.1 Å². The maximum atomic E-state index is 11.5. The predicted molar refractivity (Wildman–Crippen MR) is 59.3 cm³/mol. The van der Waals surface area contributed by atoms with Crippen LogP contribution in [0.5, 0.6) is 0 Å². The summed E-state index contributed by atoms with van der Waals surface area (Å²) in [6.07, 6.45) is 3.12. The Bertz CT molecular complexity index is 192. The Labute approximate surface area is 96.4 Å². The molecule has 1 atom stereocenters. The molecule has 1 rings (SSSR count). The fourth-order valence-corrected chi connectivity index (χ4v) is 1.60. The normalized spacial score (nSPS) is 20.7. The second-order valence-corrected chi connectivity index (χ2v) is 3.78. The third-order valence-corrected chi connectivity index (χ3v) is 2.50. The van der Waals surface area contributed by atoms with E-state index in [1.165, 1.54) is 0 Å². The summed E-state index contributed by atoms with van der Waals surface area (Å²) in [5.41, 5.74) is 0. The van der Waals surface area contributed by atoms with Crippen LogP contribution in [-0.2, 0) is 19.0 Å². The fourth-order valence-electron chi connectivity index (χ4n) is 1.60. The summed E-state index contributed by atoms with van der Waals surface area (Å²) in [7, 11) is 1.62. The molecule has 5 heteroatoms. The van der Waals surface area contributed by atoms with Crippen LogP contribution in [-0.4, -0.2) is 52.1 Å². The maximum absolute atomic E-state index is 11.5. The van der Waals surface area contributed by atoms with Crippen LogP contribution < -0.4 is 5.32 Å². The topological polar surface area (TPSA) is 56.8 Å². The average Bonchev–Trinajstić information content (AvgIpc) is 2.34. The molecule has 0 radical (unpaired) electrons. The Hall–Kier alpha value is -0.650. The minimum absolute atomic E-state index is 0.118. The number of esters is 1. The van der Waals surface area contributed by atoms with Gasteiger partial charge in [-0.1, -0.05) is 6.42 Å². The summed E-state index contributed by atoms with van der Waals surface area (Å²) in [4.78, 5) is 11.5. The number of ether oxygens (including phenoxy) is 3. The Morgan fingerprint density at radius 3 is 2.75 bits per heavy atom. The number of hydrogen-bond donors (Lipinski definition) is 1. The molecule has 0 amide bonds. The number of rotatable bonds is 7. The second-order valence-electron chi connectivity index (χ2n) is 3.78. The Balaban J connectivity index is 1.97. The summed E-state index contributed by atoms with van der Waals surface area (Å²) < 4.78 is 15.1. The molecule has 94 valence electrons. The van der Waals surface area contributed by atoms with Crippen molar-refractivity contribution in [1.82, 2.24) is 5.32 Å². The molecule has 1 N–H and O–H groups in total. The zero-order valence-electron chi connectivity index (χ0n) is 9.87. The van der Waals surface area contributed by atoms with Crippen LogP contribution >= 0.6 is 0 Å². The standard InChI is InChI=1S/C11H21NO4/c1-14-6-7-15-8-9-16-11(13)10-4-2-3-5-12-10/h10,12H,2-9H2,1H3/t10-/m0/s1. The van der Waals surface area contributed by atoms with E-state index in [0.29, 0.717) is 26.4 Å². The Kier molecular flexibility index (Phi) is 7.12. The number of carbonyl (C=O) groups excluding carboxylic acids is 1. The van der Waals surface area contributed by atoms with Crippen molar-refractivity contribution in [1.29, 1.82) is 0 Å². The van der Waals surface area contributed by atoms with E-state index in [0.717, 1.165) is 25.8 Å². The van der Waals surface area contributed by atoms with E-state index in [2.05, 4.69) is 5.32 Å². The molecule has 5 nitrogen and oxygen atoms in total. The molecule has 0 bridgehead atoms. The summed E-state index contributed by atoms with van der Waals surface area (Å²) in [5.74, 6) is -0.157. The van der Waals surface area contributed by atoms with Crippen LogP contribution in [0.25, 0.3) is 0 Å². The first kappa shape index (κ1) is 13.4. The average molecular weight is 231 g/mol. The molecule has 1 aliphatic heterocycles. The van der Waals surface area contributed by atoms with Crippen LogP contribution in [0.2, 0.25) is 0 Å². The van der Waals surface area contributed by atoms with E-state index < -0.39 is 0 Å². The lowest BCUT2D eigenvalue weighted by molar-refractivity contribution is -0.148. The number of carbonyl (C=O) groups is 1. The van der Waals surface area contributed by atoms with Gasteiger partial charge < -0.3 is 19.5 Å². The van der Waals surface area contributed by atoms with E-state index in [9.17, 15) is 4.79 Å². The summed E-state index contributed by atoms with van der Waals surface area (Å²) in [6, 6.07) is -0.118. The summed E-state index contributed by atoms with van der Waals surface area (Å²) >= 11 is 0. The van der Waals surface area contributed by atoms with Gasteiger partial charge in [-0.15, -0.1) is 0 Å². The van der Waals surface area contributed by atoms with Crippen molar-refractivity contribution in [3.8, 4) is 0 Å². The number of nitrogens with one attached hydrogen (secondary N) is 1. The van der Waals surface area contributed by atoms with Gasteiger partial charge in [-0.3, -0.25) is 4.79 Å². The SMILES string of the molecule is COCCOCCOC(=O)[C@@H]1CCCCN1. The molecule has 1 heterocycles. The van der Waals surface area contributed by atoms with Crippen LogP contribution in [0.4, 0.5) is 0 Å². The van der Waals surface area contributed by atoms with Crippen LogP contribution in [0, 0.1) is 0 Å². The molecule has 16 heavy (non-hydrogen) atoms. The third-order valence-electron chi connectivity index (χ3n) is 2.50. The molecule has 1 saturated heterocycles. The van der Waals surface area contributed by atoms with E-state index in [1.807, 2.05) is 0 Å². The molecular formula is C11H21NO4. The summed E-state index contributed by atoms with van der Waals surface area (Å²) in [6.45, 7) is 2.76. The van der Waals surface area contributed by atoms with E-state index in [1.54, 1.807) is 7.11 Å². The maximum Gasteiger partial charge on any atom is 0.323 e.